The molecule has 0 N–H and O–H groups in total. The van der Waals surface area contributed by atoms with Gasteiger partial charge in [0, 0.05) is 4.47 Å². The number of halogens is 1. The fourth-order valence-corrected chi connectivity index (χ4v) is 1.90. The number of carbonyl (C=O) groups is 1. The van der Waals surface area contributed by atoms with Gasteiger partial charge in [-0.2, -0.15) is 0 Å². The lowest BCUT2D eigenvalue weighted by molar-refractivity contribution is -0.136. The van der Waals surface area contributed by atoms with E-state index in [1.807, 2.05) is 25.1 Å². The minimum Gasteiger partial charge on any atom is -0.490 e. The van der Waals surface area contributed by atoms with Crippen LogP contribution in [0.5, 0.6) is 17.2 Å². The maximum atomic E-state index is 11.8. The SMILES string of the molecule is CCOc1ccccc1OC(=O)COc1ccc(Br)cc1. The number of carbonyl (C=O) groups excluding carboxylic acids is 1. The molecule has 0 aliphatic heterocycles. The number of esters is 1. The summed E-state index contributed by atoms with van der Waals surface area (Å²) in [5.74, 6) is 1.05. The Labute approximate surface area is 131 Å². The van der Waals surface area contributed by atoms with Crippen molar-refractivity contribution in [3.8, 4) is 17.2 Å². The van der Waals surface area contributed by atoms with Crippen molar-refractivity contribution in [3.05, 3.63) is 53.0 Å². The minimum atomic E-state index is -0.481. The molecule has 5 heteroatoms. The van der Waals surface area contributed by atoms with Crippen molar-refractivity contribution in [3.63, 3.8) is 0 Å². The van der Waals surface area contributed by atoms with Gasteiger partial charge in [-0.1, -0.05) is 28.1 Å². The van der Waals surface area contributed by atoms with Crippen LogP contribution in [-0.2, 0) is 4.79 Å². The van der Waals surface area contributed by atoms with Gasteiger partial charge in [0.1, 0.15) is 5.75 Å². The highest BCUT2D eigenvalue weighted by molar-refractivity contribution is 9.10. The van der Waals surface area contributed by atoms with Gasteiger partial charge in [0.2, 0.25) is 0 Å². The van der Waals surface area contributed by atoms with Crippen molar-refractivity contribution >= 4 is 21.9 Å². The third kappa shape index (κ3) is 4.79. The molecule has 21 heavy (non-hydrogen) atoms. The molecule has 0 amide bonds. The van der Waals surface area contributed by atoms with E-state index in [-0.39, 0.29) is 6.61 Å². The van der Waals surface area contributed by atoms with Gasteiger partial charge < -0.3 is 14.2 Å². The fourth-order valence-electron chi connectivity index (χ4n) is 1.63. The zero-order valence-electron chi connectivity index (χ0n) is 11.5. The first kappa shape index (κ1) is 15.4. The van der Waals surface area contributed by atoms with Gasteiger partial charge in [-0.15, -0.1) is 0 Å². The third-order valence-electron chi connectivity index (χ3n) is 2.54. The number of hydrogen-bond donors (Lipinski definition) is 0. The molecule has 0 bridgehead atoms. The number of benzene rings is 2. The summed E-state index contributed by atoms with van der Waals surface area (Å²) < 4.78 is 16.9. The second-order valence-corrected chi connectivity index (χ2v) is 5.01. The van der Waals surface area contributed by atoms with Gasteiger partial charge in [-0.3, -0.25) is 0 Å². The van der Waals surface area contributed by atoms with Gasteiger partial charge in [-0.05, 0) is 43.3 Å². The van der Waals surface area contributed by atoms with E-state index in [2.05, 4.69) is 15.9 Å². The molecule has 0 aliphatic rings. The van der Waals surface area contributed by atoms with Crippen molar-refractivity contribution in [1.82, 2.24) is 0 Å². The Bertz CT molecular complexity index is 595. The Balaban J connectivity index is 1.91. The number of ether oxygens (including phenoxy) is 3. The second kappa shape index (κ2) is 7.69. The standard InChI is InChI=1S/C16H15BrO4/c1-2-19-14-5-3-4-6-15(14)21-16(18)11-20-13-9-7-12(17)8-10-13/h3-10H,2,11H2,1H3. The lowest BCUT2D eigenvalue weighted by Crippen LogP contribution is -2.18. The van der Waals surface area contributed by atoms with Gasteiger partial charge in [0.25, 0.3) is 0 Å². The first-order valence-corrected chi connectivity index (χ1v) is 7.29. The van der Waals surface area contributed by atoms with Crippen molar-refractivity contribution < 1.29 is 19.0 Å². The summed E-state index contributed by atoms with van der Waals surface area (Å²) in [7, 11) is 0. The molecule has 0 atom stereocenters. The highest BCUT2D eigenvalue weighted by Gasteiger charge is 2.10. The predicted octanol–water partition coefficient (Wildman–Crippen LogP) is 3.83. The highest BCUT2D eigenvalue weighted by Crippen LogP contribution is 2.26. The average molecular weight is 351 g/mol. The molecule has 0 saturated heterocycles. The average Bonchev–Trinajstić information content (AvgIpc) is 2.49. The Hall–Kier alpha value is -2.01. The van der Waals surface area contributed by atoms with Crippen molar-refractivity contribution in [1.29, 1.82) is 0 Å². The number of hydrogen-bond acceptors (Lipinski definition) is 4. The van der Waals surface area contributed by atoms with E-state index in [1.165, 1.54) is 0 Å². The Morgan fingerprint density at radius 2 is 1.67 bits per heavy atom. The molecular weight excluding hydrogens is 336 g/mol. The molecule has 0 heterocycles. The molecule has 4 nitrogen and oxygen atoms in total. The van der Waals surface area contributed by atoms with Crippen LogP contribution in [0, 0.1) is 0 Å². The van der Waals surface area contributed by atoms with E-state index >= 15 is 0 Å². The van der Waals surface area contributed by atoms with Gasteiger partial charge >= 0.3 is 5.97 Å². The maximum absolute atomic E-state index is 11.8. The molecule has 0 spiro atoms. The molecule has 0 fully saturated rings. The summed E-state index contributed by atoms with van der Waals surface area (Å²) in [4.78, 5) is 11.8. The topological polar surface area (TPSA) is 44.8 Å². The molecule has 0 saturated carbocycles. The molecule has 2 rings (SSSR count). The van der Waals surface area contributed by atoms with Gasteiger partial charge in [-0.25, -0.2) is 4.79 Å². The number of rotatable bonds is 6. The van der Waals surface area contributed by atoms with Crippen LogP contribution in [-0.4, -0.2) is 19.2 Å². The van der Waals surface area contributed by atoms with Crippen LogP contribution < -0.4 is 14.2 Å². The molecular formula is C16H15BrO4. The highest BCUT2D eigenvalue weighted by atomic mass is 79.9. The Morgan fingerprint density at radius 3 is 2.33 bits per heavy atom. The molecule has 0 radical (unpaired) electrons. The normalized spacial score (nSPS) is 10.0. The van der Waals surface area contributed by atoms with Crippen LogP contribution in [0.2, 0.25) is 0 Å². The van der Waals surface area contributed by atoms with E-state index < -0.39 is 5.97 Å². The fraction of sp³-hybridized carbons (Fsp3) is 0.188. The Morgan fingerprint density at radius 1 is 1.00 bits per heavy atom. The predicted molar refractivity (Wildman–Crippen MR) is 82.9 cm³/mol. The summed E-state index contributed by atoms with van der Waals surface area (Å²) in [5.41, 5.74) is 0. The zero-order valence-corrected chi connectivity index (χ0v) is 13.1. The van der Waals surface area contributed by atoms with Crippen LogP contribution in [0.1, 0.15) is 6.92 Å². The largest absolute Gasteiger partial charge is 0.490 e. The summed E-state index contributed by atoms with van der Waals surface area (Å²) in [5, 5.41) is 0. The molecule has 0 unspecified atom stereocenters. The summed E-state index contributed by atoms with van der Waals surface area (Å²) in [6.07, 6.45) is 0. The van der Waals surface area contributed by atoms with E-state index in [1.54, 1.807) is 30.3 Å². The lowest BCUT2D eigenvalue weighted by atomic mass is 10.3. The molecule has 2 aromatic carbocycles. The second-order valence-electron chi connectivity index (χ2n) is 4.10. The first-order valence-electron chi connectivity index (χ1n) is 6.50. The van der Waals surface area contributed by atoms with Gasteiger partial charge in [0.05, 0.1) is 6.61 Å². The third-order valence-corrected chi connectivity index (χ3v) is 3.07. The Kier molecular flexibility index (Phi) is 5.63. The van der Waals surface area contributed by atoms with Crippen LogP contribution in [0.4, 0.5) is 0 Å². The summed E-state index contributed by atoms with van der Waals surface area (Å²) >= 11 is 3.33. The molecule has 2 aromatic rings. The molecule has 0 aromatic heterocycles. The maximum Gasteiger partial charge on any atom is 0.349 e. The lowest BCUT2D eigenvalue weighted by Gasteiger charge is -2.10. The van der Waals surface area contributed by atoms with Crippen LogP contribution in [0.25, 0.3) is 0 Å². The smallest absolute Gasteiger partial charge is 0.349 e. The van der Waals surface area contributed by atoms with Crippen molar-refractivity contribution in [2.45, 2.75) is 6.92 Å². The monoisotopic (exact) mass is 350 g/mol. The molecule has 110 valence electrons. The minimum absolute atomic E-state index is 0.165. The van der Waals surface area contributed by atoms with E-state index in [0.29, 0.717) is 23.9 Å². The number of para-hydroxylation sites is 2. The first-order chi connectivity index (χ1) is 10.2. The van der Waals surface area contributed by atoms with E-state index in [4.69, 9.17) is 14.2 Å². The van der Waals surface area contributed by atoms with Crippen molar-refractivity contribution in [2.24, 2.45) is 0 Å². The van der Waals surface area contributed by atoms with Crippen LogP contribution in [0.3, 0.4) is 0 Å². The quantitative estimate of drug-likeness (QED) is 0.586. The van der Waals surface area contributed by atoms with E-state index in [0.717, 1.165) is 4.47 Å². The molecule has 0 aliphatic carbocycles. The van der Waals surface area contributed by atoms with Crippen LogP contribution >= 0.6 is 15.9 Å². The van der Waals surface area contributed by atoms with Crippen LogP contribution in [0.15, 0.2) is 53.0 Å². The summed E-state index contributed by atoms with van der Waals surface area (Å²) in [6, 6.07) is 14.2. The van der Waals surface area contributed by atoms with E-state index in [9.17, 15) is 4.79 Å². The van der Waals surface area contributed by atoms with Gasteiger partial charge in [0.15, 0.2) is 18.1 Å². The summed E-state index contributed by atoms with van der Waals surface area (Å²) in [6.45, 7) is 2.21. The zero-order chi connectivity index (χ0) is 15.1. The van der Waals surface area contributed by atoms with Crippen molar-refractivity contribution in [2.75, 3.05) is 13.2 Å².